The normalized spacial score (nSPS) is 12.7. The Kier molecular flexibility index (Phi) is 6.87. The molecule has 0 bridgehead atoms. The summed E-state index contributed by atoms with van der Waals surface area (Å²) in [6.45, 7) is 0. The van der Waals surface area contributed by atoms with Crippen LogP contribution in [0.1, 0.15) is 12.0 Å². The quantitative estimate of drug-likeness (QED) is 0.412. The van der Waals surface area contributed by atoms with Gasteiger partial charge >= 0.3 is 24.5 Å². The first-order chi connectivity index (χ1) is 12.4. The number of halogens is 6. The number of esters is 2. The van der Waals surface area contributed by atoms with Crippen LogP contribution in [-0.4, -0.2) is 38.7 Å². The summed E-state index contributed by atoms with van der Waals surface area (Å²) in [5, 5.41) is 0. The summed E-state index contributed by atoms with van der Waals surface area (Å²) in [6, 6.07) is 4.18. The van der Waals surface area contributed by atoms with Gasteiger partial charge in [-0.15, -0.1) is 13.2 Å². The summed E-state index contributed by atoms with van der Waals surface area (Å²) in [6.07, 6.45) is -9.37. The zero-order chi connectivity index (χ0) is 20.9. The van der Waals surface area contributed by atoms with Crippen molar-refractivity contribution in [3.63, 3.8) is 0 Å². The maximum atomic E-state index is 13.4. The predicted molar refractivity (Wildman–Crippen MR) is 79.3 cm³/mol. The highest BCUT2D eigenvalue weighted by molar-refractivity contribution is 6.01. The van der Waals surface area contributed by atoms with E-state index in [1.165, 1.54) is 0 Å². The van der Waals surface area contributed by atoms with Crippen LogP contribution in [0.4, 0.5) is 26.3 Å². The van der Waals surface area contributed by atoms with Crippen molar-refractivity contribution in [3.8, 4) is 5.75 Å². The van der Waals surface area contributed by atoms with E-state index in [2.05, 4.69) is 14.2 Å². The van der Waals surface area contributed by atoms with Crippen molar-refractivity contribution in [2.75, 3.05) is 14.2 Å². The van der Waals surface area contributed by atoms with Crippen molar-refractivity contribution in [2.24, 2.45) is 5.41 Å². The van der Waals surface area contributed by atoms with Crippen LogP contribution in [0, 0.1) is 5.41 Å². The smallest absolute Gasteiger partial charge is 0.468 e. The van der Waals surface area contributed by atoms with E-state index in [9.17, 15) is 35.9 Å². The second-order valence-corrected chi connectivity index (χ2v) is 5.11. The van der Waals surface area contributed by atoms with Crippen molar-refractivity contribution >= 4 is 18.0 Å². The summed E-state index contributed by atoms with van der Waals surface area (Å²) < 4.78 is 88.4. The van der Waals surface area contributed by atoms with Crippen LogP contribution in [0.5, 0.6) is 5.75 Å². The van der Waals surface area contributed by atoms with Crippen molar-refractivity contribution in [1.29, 1.82) is 0 Å². The van der Waals surface area contributed by atoms with E-state index in [1.54, 1.807) is 0 Å². The molecule has 0 aliphatic heterocycles. The number of allylic oxidation sites excluding steroid dienone is 1. The second-order valence-electron chi connectivity index (χ2n) is 5.11. The molecule has 0 heterocycles. The van der Waals surface area contributed by atoms with Gasteiger partial charge in [0, 0.05) is 6.42 Å². The second kappa shape index (κ2) is 8.31. The van der Waals surface area contributed by atoms with Gasteiger partial charge in [-0.3, -0.25) is 9.59 Å². The number of carbonyl (C=O) groups excluding carboxylic acids is 2. The molecule has 0 saturated heterocycles. The first-order valence-electron chi connectivity index (χ1n) is 7.13. The molecule has 0 aromatic heterocycles. The maximum Gasteiger partial charge on any atom is 0.573 e. The molecule has 0 spiro atoms. The minimum atomic E-state index is -5.30. The molecule has 0 saturated carbocycles. The molecule has 1 aromatic carbocycles. The van der Waals surface area contributed by atoms with Crippen molar-refractivity contribution in [3.05, 3.63) is 35.9 Å². The van der Waals surface area contributed by atoms with Crippen LogP contribution in [-0.2, 0) is 19.1 Å². The number of ether oxygens (including phenoxy) is 3. The maximum absolute atomic E-state index is 13.4. The third-order valence-electron chi connectivity index (χ3n) is 3.40. The molecule has 0 aliphatic rings. The molecule has 27 heavy (non-hydrogen) atoms. The number of methoxy groups -OCH3 is 2. The molecule has 1 rings (SSSR count). The summed E-state index contributed by atoms with van der Waals surface area (Å²) in [4.78, 5) is 23.4. The highest BCUT2D eigenvalue weighted by Crippen LogP contribution is 2.44. The fourth-order valence-electron chi connectivity index (χ4n) is 2.10. The molecule has 0 aliphatic carbocycles. The molecule has 5 nitrogen and oxygen atoms in total. The average Bonchev–Trinajstić information content (AvgIpc) is 2.56. The van der Waals surface area contributed by atoms with Gasteiger partial charge in [0.2, 0.25) is 0 Å². The molecule has 150 valence electrons. The van der Waals surface area contributed by atoms with Crippen LogP contribution >= 0.6 is 0 Å². The molecule has 0 atom stereocenters. The van der Waals surface area contributed by atoms with Crippen LogP contribution in [0.25, 0.3) is 6.08 Å². The van der Waals surface area contributed by atoms with E-state index in [0.29, 0.717) is 14.2 Å². The molecular formula is C16H14F6O5. The van der Waals surface area contributed by atoms with Gasteiger partial charge < -0.3 is 14.2 Å². The van der Waals surface area contributed by atoms with Crippen LogP contribution < -0.4 is 4.74 Å². The van der Waals surface area contributed by atoms with E-state index in [1.807, 2.05) is 0 Å². The van der Waals surface area contributed by atoms with E-state index in [4.69, 9.17) is 0 Å². The highest BCUT2D eigenvalue weighted by atomic mass is 19.4. The highest BCUT2D eigenvalue weighted by Gasteiger charge is 2.67. The molecule has 0 N–H and O–H groups in total. The lowest BCUT2D eigenvalue weighted by molar-refractivity contribution is -0.274. The Balaban J connectivity index is 3.07. The van der Waals surface area contributed by atoms with Gasteiger partial charge in [0.15, 0.2) is 0 Å². The Morgan fingerprint density at radius 1 is 0.926 bits per heavy atom. The zero-order valence-corrected chi connectivity index (χ0v) is 14.0. The number of alkyl halides is 6. The molecule has 11 heteroatoms. The Morgan fingerprint density at radius 3 is 1.78 bits per heavy atom. The van der Waals surface area contributed by atoms with Gasteiger partial charge in [0.1, 0.15) is 5.75 Å². The average molecular weight is 400 g/mol. The lowest BCUT2D eigenvalue weighted by Crippen LogP contribution is -2.52. The minimum Gasteiger partial charge on any atom is -0.468 e. The van der Waals surface area contributed by atoms with Crippen LogP contribution in [0.3, 0.4) is 0 Å². The summed E-state index contributed by atoms with van der Waals surface area (Å²) >= 11 is 0. The van der Waals surface area contributed by atoms with Gasteiger partial charge in [0.05, 0.1) is 14.2 Å². The zero-order valence-electron chi connectivity index (χ0n) is 14.0. The van der Waals surface area contributed by atoms with Gasteiger partial charge in [-0.05, 0) is 17.7 Å². The lowest BCUT2D eigenvalue weighted by Gasteiger charge is -2.29. The topological polar surface area (TPSA) is 61.8 Å². The number of benzene rings is 1. The Hall–Kier alpha value is -2.72. The SMILES string of the molecule is COC(=O)C(C/C=C/c1ccc(OC(F)(F)F)cc1)(C(=O)OC)C(F)(F)F. The van der Waals surface area contributed by atoms with Gasteiger partial charge in [-0.25, -0.2) is 0 Å². The van der Waals surface area contributed by atoms with Gasteiger partial charge in [-0.2, -0.15) is 13.2 Å². The number of hydrogen-bond donors (Lipinski definition) is 0. The summed E-state index contributed by atoms with van der Waals surface area (Å²) in [7, 11) is 1.38. The first kappa shape index (κ1) is 22.3. The Labute approximate surface area is 149 Å². The Bertz CT molecular complexity index is 675. The lowest BCUT2D eigenvalue weighted by atomic mass is 9.83. The fraction of sp³-hybridized carbons (Fsp3) is 0.375. The van der Waals surface area contributed by atoms with Crippen LogP contribution in [0.15, 0.2) is 30.3 Å². The van der Waals surface area contributed by atoms with E-state index in [-0.39, 0.29) is 5.56 Å². The van der Waals surface area contributed by atoms with E-state index in [0.717, 1.165) is 36.4 Å². The fourth-order valence-corrected chi connectivity index (χ4v) is 2.10. The minimum absolute atomic E-state index is 0.204. The van der Waals surface area contributed by atoms with E-state index < -0.39 is 42.1 Å². The third-order valence-corrected chi connectivity index (χ3v) is 3.40. The Morgan fingerprint density at radius 2 is 1.41 bits per heavy atom. The van der Waals surface area contributed by atoms with Crippen LogP contribution in [0.2, 0.25) is 0 Å². The van der Waals surface area contributed by atoms with Crippen molar-refractivity contribution in [2.45, 2.75) is 19.0 Å². The van der Waals surface area contributed by atoms with Crippen molar-refractivity contribution < 1.29 is 50.1 Å². The summed E-state index contributed by atoms with van der Waals surface area (Å²) in [5.74, 6) is -4.21. The summed E-state index contributed by atoms with van der Waals surface area (Å²) in [5.41, 5.74) is -3.36. The van der Waals surface area contributed by atoms with Gasteiger partial charge in [0.25, 0.3) is 5.41 Å². The number of hydrogen-bond acceptors (Lipinski definition) is 5. The number of carbonyl (C=O) groups is 2. The monoisotopic (exact) mass is 400 g/mol. The molecule has 0 fully saturated rings. The molecule has 0 amide bonds. The van der Waals surface area contributed by atoms with E-state index >= 15 is 0 Å². The standard InChI is InChI=1S/C16H14F6O5/c1-25-12(23)14(13(24)26-2,15(17,18)19)9-3-4-10-5-7-11(8-6-10)27-16(20,21)22/h3-8H,9H2,1-2H3/b4-3+. The van der Waals surface area contributed by atoms with Gasteiger partial charge in [-0.1, -0.05) is 24.3 Å². The molecule has 0 unspecified atom stereocenters. The third kappa shape index (κ3) is 5.38. The molecule has 0 radical (unpaired) electrons. The first-order valence-corrected chi connectivity index (χ1v) is 7.13. The molecule has 1 aromatic rings. The number of rotatable bonds is 6. The predicted octanol–water partition coefficient (Wildman–Crippen LogP) is 3.88. The van der Waals surface area contributed by atoms with Crippen molar-refractivity contribution in [1.82, 2.24) is 0 Å². The molecular weight excluding hydrogens is 386 g/mol. The largest absolute Gasteiger partial charge is 0.573 e.